The quantitative estimate of drug-likeness (QED) is 0.876. The third kappa shape index (κ3) is 3.89. The van der Waals surface area contributed by atoms with Gasteiger partial charge < -0.3 is 16.0 Å². The van der Waals surface area contributed by atoms with Gasteiger partial charge in [-0.15, -0.1) is 12.4 Å². The van der Waals surface area contributed by atoms with Crippen LogP contribution in [0.1, 0.15) is 28.4 Å². The number of carbonyl (C=O) groups is 1. The van der Waals surface area contributed by atoms with Gasteiger partial charge in [-0.05, 0) is 42.7 Å². The van der Waals surface area contributed by atoms with Gasteiger partial charge in [0, 0.05) is 36.9 Å². The van der Waals surface area contributed by atoms with Crippen molar-refractivity contribution in [3.63, 3.8) is 0 Å². The minimum Gasteiger partial charge on any atom is -0.367 e. The molecule has 5 heteroatoms. The van der Waals surface area contributed by atoms with Crippen LogP contribution >= 0.6 is 12.4 Å². The van der Waals surface area contributed by atoms with Crippen LogP contribution in [-0.2, 0) is 13.0 Å². The van der Waals surface area contributed by atoms with Crippen LogP contribution < -0.4 is 16.0 Å². The topological polar surface area (TPSA) is 58.4 Å². The zero-order valence-electron chi connectivity index (χ0n) is 13.9. The van der Waals surface area contributed by atoms with E-state index >= 15 is 0 Å². The molecule has 1 unspecified atom stereocenters. The van der Waals surface area contributed by atoms with Crippen LogP contribution in [0.3, 0.4) is 0 Å². The molecule has 2 aromatic rings. The summed E-state index contributed by atoms with van der Waals surface area (Å²) in [5.74, 6) is -0.0336. The van der Waals surface area contributed by atoms with E-state index in [1.165, 1.54) is 11.3 Å². The number of hydrogen-bond acceptors (Lipinski definition) is 3. The van der Waals surface area contributed by atoms with Crippen LogP contribution in [0.15, 0.2) is 48.5 Å². The number of nitrogens with two attached hydrogens (primary N) is 1. The van der Waals surface area contributed by atoms with Crippen molar-refractivity contribution >= 4 is 24.0 Å². The number of amides is 1. The van der Waals surface area contributed by atoms with Crippen LogP contribution in [0.25, 0.3) is 0 Å². The van der Waals surface area contributed by atoms with Gasteiger partial charge in [0.1, 0.15) is 0 Å². The van der Waals surface area contributed by atoms with Gasteiger partial charge in [0.05, 0.1) is 0 Å². The monoisotopic (exact) mass is 345 g/mol. The zero-order valence-corrected chi connectivity index (χ0v) is 14.7. The smallest absolute Gasteiger partial charge is 0.251 e. The first-order valence-electron chi connectivity index (χ1n) is 8.11. The van der Waals surface area contributed by atoms with E-state index < -0.39 is 0 Å². The third-order valence-corrected chi connectivity index (χ3v) is 4.44. The second-order valence-electron chi connectivity index (χ2n) is 6.03. The van der Waals surface area contributed by atoms with Gasteiger partial charge in [0.25, 0.3) is 5.91 Å². The largest absolute Gasteiger partial charge is 0.367 e. The lowest BCUT2D eigenvalue weighted by molar-refractivity contribution is 0.0954. The van der Waals surface area contributed by atoms with Gasteiger partial charge in [0.2, 0.25) is 0 Å². The highest BCUT2D eigenvalue weighted by Gasteiger charge is 2.24. The van der Waals surface area contributed by atoms with Gasteiger partial charge in [0.15, 0.2) is 0 Å². The molecule has 24 heavy (non-hydrogen) atoms. The van der Waals surface area contributed by atoms with Crippen molar-refractivity contribution in [3.8, 4) is 0 Å². The molecule has 1 aliphatic heterocycles. The van der Waals surface area contributed by atoms with E-state index in [2.05, 4.69) is 41.4 Å². The Bertz CT molecular complexity index is 687. The Hall–Kier alpha value is -2.04. The molecule has 4 nitrogen and oxygen atoms in total. The molecule has 3 rings (SSSR count). The third-order valence-electron chi connectivity index (χ3n) is 4.44. The molecule has 0 fully saturated rings. The van der Waals surface area contributed by atoms with E-state index in [4.69, 9.17) is 5.73 Å². The Kier molecular flexibility index (Phi) is 6.23. The minimum atomic E-state index is -0.0336. The van der Waals surface area contributed by atoms with E-state index in [-0.39, 0.29) is 18.3 Å². The number of benzene rings is 2. The number of hydrogen-bond donors (Lipinski definition) is 2. The van der Waals surface area contributed by atoms with E-state index in [1.54, 1.807) is 0 Å². The number of anilines is 1. The maximum absolute atomic E-state index is 12.2. The highest BCUT2D eigenvalue weighted by Crippen LogP contribution is 2.31. The van der Waals surface area contributed by atoms with Crippen molar-refractivity contribution in [2.75, 3.05) is 18.0 Å². The summed E-state index contributed by atoms with van der Waals surface area (Å²) in [6.07, 6.45) is 1.07. The van der Waals surface area contributed by atoms with E-state index in [1.807, 2.05) is 24.3 Å². The maximum atomic E-state index is 12.2. The fourth-order valence-corrected chi connectivity index (χ4v) is 3.15. The Balaban J connectivity index is 0.00000208. The van der Waals surface area contributed by atoms with Crippen LogP contribution in [0.2, 0.25) is 0 Å². The summed E-state index contributed by atoms with van der Waals surface area (Å²) in [7, 11) is 0. The molecular formula is C19H24ClN3O. The second kappa shape index (κ2) is 8.18. The molecule has 1 heterocycles. The number of fused-ring (bicyclic) bond motifs is 1. The summed E-state index contributed by atoms with van der Waals surface area (Å²) >= 11 is 0. The first-order chi connectivity index (χ1) is 11.2. The van der Waals surface area contributed by atoms with Gasteiger partial charge in [-0.3, -0.25) is 4.79 Å². The van der Waals surface area contributed by atoms with Crippen LogP contribution in [0.4, 0.5) is 5.69 Å². The predicted octanol–water partition coefficient (Wildman–Crippen LogP) is 2.75. The molecule has 0 bridgehead atoms. The first kappa shape index (κ1) is 18.3. The van der Waals surface area contributed by atoms with Crippen molar-refractivity contribution in [1.29, 1.82) is 0 Å². The summed E-state index contributed by atoms with van der Waals surface area (Å²) in [4.78, 5) is 14.6. The predicted molar refractivity (Wildman–Crippen MR) is 101 cm³/mol. The van der Waals surface area contributed by atoms with Crippen molar-refractivity contribution in [2.45, 2.75) is 25.9 Å². The average molecular weight is 346 g/mol. The fraction of sp³-hybridized carbons (Fsp3) is 0.316. The van der Waals surface area contributed by atoms with Gasteiger partial charge in [-0.2, -0.15) is 0 Å². The number of carbonyl (C=O) groups excluding carboxylic acids is 1. The number of para-hydroxylation sites is 1. The normalized spacial score (nSPS) is 15.6. The molecule has 0 aromatic heterocycles. The zero-order chi connectivity index (χ0) is 16.2. The van der Waals surface area contributed by atoms with Crippen LogP contribution in [0.5, 0.6) is 0 Å². The number of halogens is 1. The summed E-state index contributed by atoms with van der Waals surface area (Å²) in [6.45, 7) is 4.18. The molecule has 0 saturated carbocycles. The summed E-state index contributed by atoms with van der Waals surface area (Å²) in [6, 6.07) is 16.4. The lowest BCUT2D eigenvalue weighted by Gasteiger charge is -2.25. The Labute approximate surface area is 149 Å². The molecule has 3 N–H and O–H groups in total. The molecule has 0 spiro atoms. The minimum absolute atomic E-state index is 0. The fourth-order valence-electron chi connectivity index (χ4n) is 3.15. The molecule has 1 amide bonds. The number of nitrogens with zero attached hydrogens (tertiary/aromatic N) is 1. The molecule has 0 saturated heterocycles. The number of rotatable bonds is 5. The van der Waals surface area contributed by atoms with Gasteiger partial charge in [-0.25, -0.2) is 0 Å². The molecular weight excluding hydrogens is 322 g/mol. The van der Waals surface area contributed by atoms with Gasteiger partial charge in [-0.1, -0.05) is 30.3 Å². The first-order valence-corrected chi connectivity index (χ1v) is 8.11. The lowest BCUT2D eigenvalue weighted by atomic mass is 10.1. The Morgan fingerprint density at radius 2 is 1.92 bits per heavy atom. The average Bonchev–Trinajstić information content (AvgIpc) is 2.90. The summed E-state index contributed by atoms with van der Waals surface area (Å²) in [5.41, 5.74) is 9.97. The van der Waals surface area contributed by atoms with Crippen LogP contribution in [0, 0.1) is 0 Å². The van der Waals surface area contributed by atoms with Crippen molar-refractivity contribution in [3.05, 3.63) is 65.2 Å². The standard InChI is InChI=1S/C19H23N3O.ClH/c1-14-12-17-4-2-3-5-18(17)22(14)11-10-21-19(23)16-8-6-15(13-20)7-9-16;/h2-9,14H,10-13,20H2,1H3,(H,21,23);1H. The highest BCUT2D eigenvalue weighted by molar-refractivity contribution is 5.94. The molecule has 1 atom stereocenters. The molecule has 0 radical (unpaired) electrons. The lowest BCUT2D eigenvalue weighted by Crippen LogP contribution is -2.37. The Morgan fingerprint density at radius 1 is 1.21 bits per heavy atom. The van der Waals surface area contributed by atoms with E-state index in [9.17, 15) is 4.79 Å². The van der Waals surface area contributed by atoms with Gasteiger partial charge >= 0.3 is 0 Å². The second-order valence-corrected chi connectivity index (χ2v) is 6.03. The van der Waals surface area contributed by atoms with Crippen LogP contribution in [-0.4, -0.2) is 25.0 Å². The summed E-state index contributed by atoms with van der Waals surface area (Å²) < 4.78 is 0. The Morgan fingerprint density at radius 3 is 2.62 bits per heavy atom. The molecule has 128 valence electrons. The SMILES string of the molecule is CC1Cc2ccccc2N1CCNC(=O)c1ccc(CN)cc1.Cl. The highest BCUT2D eigenvalue weighted by atomic mass is 35.5. The van der Waals surface area contributed by atoms with E-state index in [0.29, 0.717) is 24.7 Å². The molecule has 0 aliphatic carbocycles. The number of nitrogens with one attached hydrogen (secondary N) is 1. The molecule has 1 aliphatic rings. The van der Waals surface area contributed by atoms with Crippen molar-refractivity contribution in [2.24, 2.45) is 5.73 Å². The van der Waals surface area contributed by atoms with Crippen molar-refractivity contribution in [1.82, 2.24) is 5.32 Å². The van der Waals surface area contributed by atoms with E-state index in [0.717, 1.165) is 18.5 Å². The summed E-state index contributed by atoms with van der Waals surface area (Å²) in [5, 5.41) is 3.00. The maximum Gasteiger partial charge on any atom is 0.251 e. The molecule has 2 aromatic carbocycles. The van der Waals surface area contributed by atoms with Crippen molar-refractivity contribution < 1.29 is 4.79 Å².